The number of rotatable bonds is 1. The van der Waals surface area contributed by atoms with Crippen molar-refractivity contribution in [2.24, 2.45) is 0 Å². The average Bonchev–Trinajstić information content (AvgIpc) is 2.60. The summed E-state index contributed by atoms with van der Waals surface area (Å²) in [6.07, 6.45) is 0.235. The molecular formula is C9H16N2O2. The number of likely N-dealkylation sites (tertiary alicyclic amines) is 2. The van der Waals surface area contributed by atoms with Gasteiger partial charge in [-0.25, -0.2) is 0 Å². The van der Waals surface area contributed by atoms with Crippen molar-refractivity contribution in [1.82, 2.24) is 9.80 Å². The highest BCUT2D eigenvalue weighted by Gasteiger charge is 2.44. The van der Waals surface area contributed by atoms with Crippen LogP contribution >= 0.6 is 0 Å². The first-order valence-electron chi connectivity index (χ1n) is 4.78. The molecule has 2 bridgehead atoms. The zero-order chi connectivity index (χ0) is 9.59. The second-order valence-electron chi connectivity index (χ2n) is 4.15. The van der Waals surface area contributed by atoms with Crippen molar-refractivity contribution < 1.29 is 9.90 Å². The van der Waals surface area contributed by atoms with Gasteiger partial charge >= 0.3 is 0 Å². The first-order valence-corrected chi connectivity index (χ1v) is 4.78. The molecule has 13 heavy (non-hydrogen) atoms. The van der Waals surface area contributed by atoms with Crippen LogP contribution in [-0.4, -0.2) is 59.1 Å². The van der Waals surface area contributed by atoms with Gasteiger partial charge in [-0.1, -0.05) is 0 Å². The largest absolute Gasteiger partial charge is 0.384 e. The van der Waals surface area contributed by atoms with E-state index in [4.69, 9.17) is 0 Å². The Balaban J connectivity index is 2.03. The fourth-order valence-corrected chi connectivity index (χ4v) is 2.38. The third-order valence-corrected chi connectivity index (χ3v) is 3.15. The van der Waals surface area contributed by atoms with Crippen LogP contribution in [0, 0.1) is 0 Å². The molecule has 0 aliphatic carbocycles. The van der Waals surface area contributed by atoms with E-state index in [-0.39, 0.29) is 5.91 Å². The third-order valence-electron chi connectivity index (χ3n) is 3.15. The summed E-state index contributed by atoms with van der Waals surface area (Å²) >= 11 is 0. The number of fused-ring (bicyclic) bond motifs is 2. The highest BCUT2D eigenvalue weighted by atomic mass is 16.3. The topological polar surface area (TPSA) is 43.8 Å². The second-order valence-corrected chi connectivity index (χ2v) is 4.15. The molecule has 0 radical (unpaired) electrons. The molecule has 3 unspecified atom stereocenters. The first kappa shape index (κ1) is 8.97. The van der Waals surface area contributed by atoms with Gasteiger partial charge in [0.05, 0.1) is 0 Å². The van der Waals surface area contributed by atoms with E-state index in [0.717, 1.165) is 19.5 Å². The van der Waals surface area contributed by atoms with Crippen LogP contribution < -0.4 is 0 Å². The van der Waals surface area contributed by atoms with Gasteiger partial charge in [0.15, 0.2) is 0 Å². The smallest absolute Gasteiger partial charge is 0.251 e. The summed E-state index contributed by atoms with van der Waals surface area (Å²) in [7, 11) is 2.09. The van der Waals surface area contributed by atoms with E-state index in [0.29, 0.717) is 12.1 Å². The van der Waals surface area contributed by atoms with Crippen molar-refractivity contribution in [2.75, 3.05) is 20.1 Å². The Hall–Kier alpha value is -0.610. The predicted molar refractivity (Wildman–Crippen MR) is 48.2 cm³/mol. The van der Waals surface area contributed by atoms with E-state index in [1.54, 1.807) is 0 Å². The van der Waals surface area contributed by atoms with Crippen LogP contribution in [0.15, 0.2) is 0 Å². The number of hydrogen-bond donors (Lipinski definition) is 1. The van der Waals surface area contributed by atoms with Crippen molar-refractivity contribution in [3.05, 3.63) is 0 Å². The number of piperazine rings is 1. The summed E-state index contributed by atoms with van der Waals surface area (Å²) in [4.78, 5) is 15.6. The maximum atomic E-state index is 11.5. The van der Waals surface area contributed by atoms with Gasteiger partial charge in [0, 0.05) is 25.2 Å². The summed E-state index contributed by atoms with van der Waals surface area (Å²) < 4.78 is 0. The van der Waals surface area contributed by atoms with Crippen molar-refractivity contribution in [1.29, 1.82) is 0 Å². The molecule has 4 nitrogen and oxygen atoms in total. The van der Waals surface area contributed by atoms with Crippen molar-refractivity contribution in [3.8, 4) is 0 Å². The number of aliphatic hydroxyl groups is 1. The van der Waals surface area contributed by atoms with Crippen LogP contribution in [0.3, 0.4) is 0 Å². The molecule has 2 aliphatic heterocycles. The minimum atomic E-state index is -0.843. The van der Waals surface area contributed by atoms with Crippen molar-refractivity contribution in [3.63, 3.8) is 0 Å². The van der Waals surface area contributed by atoms with Gasteiger partial charge < -0.3 is 10.0 Å². The number of aliphatic hydroxyl groups excluding tert-OH is 1. The lowest BCUT2D eigenvalue weighted by Gasteiger charge is -2.32. The van der Waals surface area contributed by atoms with Crippen LogP contribution in [0.2, 0.25) is 0 Å². The van der Waals surface area contributed by atoms with E-state index < -0.39 is 6.10 Å². The summed E-state index contributed by atoms with van der Waals surface area (Å²) in [6.45, 7) is 3.30. The SMILES string of the molecule is CC(O)C(=O)N1CC2CC1CN2C. The van der Waals surface area contributed by atoms with Gasteiger partial charge in [-0.3, -0.25) is 9.69 Å². The standard InChI is InChI=1S/C9H16N2O2/c1-6(12)9(13)11-5-7-3-8(11)4-10(7)2/h6-8,12H,3-5H2,1-2H3. The maximum Gasteiger partial charge on any atom is 0.251 e. The minimum Gasteiger partial charge on any atom is -0.384 e. The quantitative estimate of drug-likeness (QED) is 0.585. The number of carbonyl (C=O) groups is 1. The molecule has 1 N–H and O–H groups in total. The Bertz CT molecular complexity index is 228. The van der Waals surface area contributed by atoms with Crippen LogP contribution in [0.4, 0.5) is 0 Å². The molecule has 3 atom stereocenters. The van der Waals surface area contributed by atoms with E-state index in [2.05, 4.69) is 11.9 Å². The molecule has 2 saturated heterocycles. The highest BCUT2D eigenvalue weighted by molar-refractivity contribution is 5.81. The number of likely N-dealkylation sites (N-methyl/N-ethyl adjacent to an activating group) is 1. The van der Waals surface area contributed by atoms with Gasteiger partial charge in [-0.05, 0) is 20.4 Å². The highest BCUT2D eigenvalue weighted by Crippen LogP contribution is 2.29. The zero-order valence-corrected chi connectivity index (χ0v) is 8.10. The lowest BCUT2D eigenvalue weighted by molar-refractivity contribution is -0.141. The first-order chi connectivity index (χ1) is 6.09. The monoisotopic (exact) mass is 184 g/mol. The third kappa shape index (κ3) is 1.34. The lowest BCUT2D eigenvalue weighted by Crippen LogP contribution is -2.49. The average molecular weight is 184 g/mol. The van der Waals surface area contributed by atoms with E-state index in [1.165, 1.54) is 6.92 Å². The summed E-state index contributed by atoms with van der Waals surface area (Å²) in [5.74, 6) is -0.111. The predicted octanol–water partition coefficient (Wildman–Crippen LogP) is -0.718. The maximum absolute atomic E-state index is 11.5. The summed E-state index contributed by atoms with van der Waals surface area (Å²) in [6, 6.07) is 0.866. The molecule has 74 valence electrons. The molecule has 2 heterocycles. The molecule has 0 aromatic heterocycles. The molecule has 0 spiro atoms. The van der Waals surface area contributed by atoms with Crippen molar-refractivity contribution in [2.45, 2.75) is 31.5 Å². The molecule has 0 saturated carbocycles. The fraction of sp³-hybridized carbons (Fsp3) is 0.889. The molecular weight excluding hydrogens is 168 g/mol. The molecule has 2 aliphatic rings. The number of amides is 1. The van der Waals surface area contributed by atoms with Crippen LogP contribution in [-0.2, 0) is 4.79 Å². The van der Waals surface area contributed by atoms with Gasteiger partial charge in [-0.2, -0.15) is 0 Å². The molecule has 4 heteroatoms. The van der Waals surface area contributed by atoms with Crippen molar-refractivity contribution >= 4 is 5.91 Å². The van der Waals surface area contributed by atoms with Gasteiger partial charge in [0.25, 0.3) is 5.91 Å². The molecule has 2 rings (SSSR count). The lowest BCUT2D eigenvalue weighted by atomic mass is 10.2. The molecule has 2 fully saturated rings. The van der Waals surface area contributed by atoms with Gasteiger partial charge in [0.2, 0.25) is 0 Å². The number of nitrogens with zero attached hydrogens (tertiary/aromatic N) is 2. The Labute approximate surface area is 78.1 Å². The van der Waals surface area contributed by atoms with Gasteiger partial charge in [0.1, 0.15) is 6.10 Å². The Kier molecular flexibility index (Phi) is 2.04. The second kappa shape index (κ2) is 2.96. The minimum absolute atomic E-state index is 0.111. The van der Waals surface area contributed by atoms with Gasteiger partial charge in [-0.15, -0.1) is 0 Å². The normalized spacial score (nSPS) is 35.5. The molecule has 0 aromatic carbocycles. The van der Waals surface area contributed by atoms with E-state index in [1.807, 2.05) is 4.90 Å². The van der Waals surface area contributed by atoms with Crippen LogP contribution in [0.25, 0.3) is 0 Å². The zero-order valence-electron chi connectivity index (χ0n) is 8.10. The molecule has 1 amide bonds. The Morgan fingerprint density at radius 3 is 2.54 bits per heavy atom. The van der Waals surface area contributed by atoms with Crippen LogP contribution in [0.1, 0.15) is 13.3 Å². The van der Waals surface area contributed by atoms with E-state index in [9.17, 15) is 9.90 Å². The molecule has 0 aromatic rings. The van der Waals surface area contributed by atoms with E-state index >= 15 is 0 Å². The number of hydrogen-bond acceptors (Lipinski definition) is 3. The Morgan fingerprint density at radius 2 is 2.15 bits per heavy atom. The fourth-order valence-electron chi connectivity index (χ4n) is 2.38. The Morgan fingerprint density at radius 1 is 1.46 bits per heavy atom. The van der Waals surface area contributed by atoms with Crippen LogP contribution in [0.5, 0.6) is 0 Å². The summed E-state index contributed by atoms with van der Waals surface area (Å²) in [5, 5.41) is 9.17. The summed E-state index contributed by atoms with van der Waals surface area (Å²) in [5.41, 5.74) is 0. The number of carbonyl (C=O) groups excluding carboxylic acids is 1.